The monoisotopic (exact) mass is 458 g/mol. The van der Waals surface area contributed by atoms with Gasteiger partial charge < -0.3 is 10.1 Å². The summed E-state index contributed by atoms with van der Waals surface area (Å²) in [6, 6.07) is 17.1. The fourth-order valence-corrected chi connectivity index (χ4v) is 6.47. The molecule has 2 bridgehead atoms. The van der Waals surface area contributed by atoms with Crippen molar-refractivity contribution in [3.8, 4) is 0 Å². The van der Waals surface area contributed by atoms with Gasteiger partial charge in [0.1, 0.15) is 5.41 Å². The van der Waals surface area contributed by atoms with Crippen molar-refractivity contribution in [2.24, 2.45) is 5.92 Å². The number of benzene rings is 2. The number of halogens is 1. The highest BCUT2D eigenvalue weighted by Gasteiger charge is 2.55. The number of hydrogen-bond acceptors (Lipinski definition) is 5. The van der Waals surface area contributed by atoms with Crippen LogP contribution in [0.3, 0.4) is 0 Å². The van der Waals surface area contributed by atoms with Crippen LogP contribution in [0.2, 0.25) is 0 Å². The minimum absolute atomic E-state index is 0. The molecule has 1 aliphatic carbocycles. The molecule has 0 saturated carbocycles. The Kier molecular flexibility index (Phi) is 5.45. The van der Waals surface area contributed by atoms with Gasteiger partial charge in [-0.1, -0.05) is 48.6 Å². The van der Waals surface area contributed by atoms with Gasteiger partial charge in [0, 0.05) is 18.0 Å². The van der Waals surface area contributed by atoms with Crippen LogP contribution in [0.4, 0.5) is 0 Å². The molecule has 0 spiro atoms. The van der Waals surface area contributed by atoms with Gasteiger partial charge in [-0.25, -0.2) is 12.4 Å². The molecule has 0 radical (unpaired) electrons. The third-order valence-corrected chi connectivity index (χ3v) is 7.99. The number of aromatic nitrogens is 1. The fraction of sp³-hybridized carbons (Fsp3) is 0.261. The average Bonchev–Trinajstić information content (AvgIpc) is 3.20. The highest BCUT2D eigenvalue weighted by molar-refractivity contribution is 7.90. The first kappa shape index (κ1) is 21.6. The predicted octanol–water partition coefficient (Wildman–Crippen LogP) is 3.26. The summed E-state index contributed by atoms with van der Waals surface area (Å²) in [4.78, 5) is 13.4. The largest absolute Gasteiger partial charge is 0.468 e. The Balaban J connectivity index is 0.00000231. The Morgan fingerprint density at radius 2 is 1.81 bits per heavy atom. The lowest BCUT2D eigenvalue weighted by Crippen LogP contribution is -2.61. The van der Waals surface area contributed by atoms with Crippen LogP contribution in [-0.4, -0.2) is 38.1 Å². The fourth-order valence-electron chi connectivity index (χ4n) is 4.86. The number of carbonyl (C=O) groups is 1. The molecule has 0 amide bonds. The number of methoxy groups -OCH3 is 1. The zero-order valence-electron chi connectivity index (χ0n) is 16.9. The number of rotatable bonds is 4. The maximum Gasteiger partial charge on any atom is 0.319 e. The summed E-state index contributed by atoms with van der Waals surface area (Å²) in [5.41, 5.74) is -0.149. The molecular weight excluding hydrogens is 436 g/mol. The third kappa shape index (κ3) is 3.11. The quantitative estimate of drug-likeness (QED) is 0.479. The summed E-state index contributed by atoms with van der Waals surface area (Å²) in [6.45, 7) is 0.756. The Morgan fingerprint density at radius 1 is 1.10 bits per heavy atom. The molecule has 1 saturated heterocycles. The summed E-state index contributed by atoms with van der Waals surface area (Å²) >= 11 is 0. The Morgan fingerprint density at radius 3 is 2.42 bits per heavy atom. The van der Waals surface area contributed by atoms with Gasteiger partial charge in [0.2, 0.25) is 0 Å². The molecule has 3 unspecified atom stereocenters. The van der Waals surface area contributed by atoms with Crippen LogP contribution in [0, 0.1) is 5.92 Å². The van der Waals surface area contributed by atoms with Gasteiger partial charge in [-0.3, -0.25) is 4.79 Å². The average molecular weight is 459 g/mol. The van der Waals surface area contributed by atoms with E-state index in [1.54, 1.807) is 42.5 Å². The van der Waals surface area contributed by atoms with Crippen molar-refractivity contribution in [2.75, 3.05) is 13.7 Å². The van der Waals surface area contributed by atoms with E-state index in [9.17, 15) is 13.2 Å². The second-order valence-electron chi connectivity index (χ2n) is 7.87. The van der Waals surface area contributed by atoms with Gasteiger partial charge in [0.05, 0.1) is 23.2 Å². The summed E-state index contributed by atoms with van der Waals surface area (Å²) in [5, 5.41) is 4.15. The lowest BCUT2D eigenvalue weighted by molar-refractivity contribution is -0.150. The van der Waals surface area contributed by atoms with Crippen LogP contribution >= 0.6 is 12.4 Å². The molecule has 31 heavy (non-hydrogen) atoms. The number of para-hydroxylation sites is 1. The van der Waals surface area contributed by atoms with Gasteiger partial charge in [0.15, 0.2) is 0 Å². The molecule has 6 nitrogen and oxygen atoms in total. The lowest BCUT2D eigenvalue weighted by Gasteiger charge is -2.47. The third-order valence-electron chi connectivity index (χ3n) is 6.25. The van der Waals surface area contributed by atoms with Crippen LogP contribution in [0.25, 0.3) is 10.9 Å². The van der Waals surface area contributed by atoms with E-state index in [-0.39, 0.29) is 29.3 Å². The van der Waals surface area contributed by atoms with Crippen LogP contribution in [0.1, 0.15) is 12.1 Å². The van der Waals surface area contributed by atoms with Crippen molar-refractivity contribution in [1.82, 2.24) is 9.29 Å². The molecule has 3 atom stereocenters. The van der Waals surface area contributed by atoms with Crippen LogP contribution < -0.4 is 5.32 Å². The molecule has 1 N–H and O–H groups in total. The Labute approximate surface area is 187 Å². The van der Waals surface area contributed by atoms with Gasteiger partial charge >= 0.3 is 5.97 Å². The second-order valence-corrected chi connectivity index (χ2v) is 9.66. The first-order valence-electron chi connectivity index (χ1n) is 9.90. The van der Waals surface area contributed by atoms with Crippen LogP contribution in [-0.2, 0) is 25.0 Å². The molecule has 2 aliphatic heterocycles. The number of carbonyl (C=O) groups excluding carboxylic acids is 1. The Bertz CT molecular complexity index is 1270. The zero-order valence-corrected chi connectivity index (χ0v) is 18.5. The topological polar surface area (TPSA) is 77.4 Å². The maximum absolute atomic E-state index is 13.8. The zero-order chi connectivity index (χ0) is 20.9. The van der Waals surface area contributed by atoms with Gasteiger partial charge in [-0.15, -0.1) is 12.4 Å². The molecule has 3 aromatic rings. The molecule has 3 heterocycles. The van der Waals surface area contributed by atoms with E-state index in [2.05, 4.69) is 11.4 Å². The molecule has 6 rings (SSSR count). The number of nitrogens with zero attached hydrogens (tertiary/aromatic N) is 1. The minimum Gasteiger partial charge on any atom is -0.468 e. The maximum atomic E-state index is 13.8. The van der Waals surface area contributed by atoms with Crippen molar-refractivity contribution in [2.45, 2.75) is 22.8 Å². The SMILES string of the molecule is COC(=O)C1(c2cc3ccccc3n2S(=O)(=O)c2ccccc2)CC2C=CC1NC2.Cl. The number of fused-ring (bicyclic) bond motifs is 3. The van der Waals surface area contributed by atoms with E-state index in [4.69, 9.17) is 4.74 Å². The summed E-state index contributed by atoms with van der Waals surface area (Å²) in [6.07, 6.45) is 4.56. The summed E-state index contributed by atoms with van der Waals surface area (Å²) in [5.74, 6) is -0.304. The number of ether oxygens (including phenoxy) is 1. The molecule has 2 aromatic carbocycles. The molecule has 1 aromatic heterocycles. The number of nitrogens with one attached hydrogen (secondary N) is 1. The Hall–Kier alpha value is -2.61. The van der Waals surface area contributed by atoms with E-state index in [1.165, 1.54) is 11.1 Å². The second kappa shape index (κ2) is 7.82. The van der Waals surface area contributed by atoms with Gasteiger partial charge in [-0.2, -0.15) is 0 Å². The van der Waals surface area contributed by atoms with Crippen molar-refractivity contribution in [3.63, 3.8) is 0 Å². The number of piperidine rings is 1. The van der Waals surface area contributed by atoms with Crippen LogP contribution in [0.15, 0.2) is 77.7 Å². The van der Waals surface area contributed by atoms with E-state index in [0.717, 1.165) is 11.9 Å². The van der Waals surface area contributed by atoms with E-state index < -0.39 is 21.4 Å². The summed E-state index contributed by atoms with van der Waals surface area (Å²) in [7, 11) is -2.59. The molecule has 3 aliphatic rings. The highest BCUT2D eigenvalue weighted by Crippen LogP contribution is 2.45. The summed E-state index contributed by atoms with van der Waals surface area (Å²) < 4.78 is 34.2. The first-order chi connectivity index (χ1) is 14.5. The van der Waals surface area contributed by atoms with Crippen molar-refractivity contribution < 1.29 is 17.9 Å². The van der Waals surface area contributed by atoms with E-state index in [0.29, 0.717) is 17.6 Å². The van der Waals surface area contributed by atoms with Crippen molar-refractivity contribution in [1.29, 1.82) is 0 Å². The van der Waals surface area contributed by atoms with E-state index in [1.807, 2.05) is 24.3 Å². The number of hydrogen-bond donors (Lipinski definition) is 1. The molecule has 162 valence electrons. The smallest absolute Gasteiger partial charge is 0.319 e. The minimum atomic E-state index is -3.94. The molecule has 1 fully saturated rings. The van der Waals surface area contributed by atoms with Crippen molar-refractivity contribution in [3.05, 3.63) is 78.5 Å². The van der Waals surface area contributed by atoms with Crippen molar-refractivity contribution >= 4 is 39.3 Å². The lowest BCUT2D eigenvalue weighted by atomic mass is 9.65. The number of esters is 1. The first-order valence-corrected chi connectivity index (χ1v) is 11.3. The normalized spacial score (nSPS) is 24.7. The standard InChI is InChI=1S/C23H22N2O4S.ClH/c1-29-22(26)23(14-16-11-12-20(23)24-15-16)21-13-17-7-5-6-10-19(17)25(21)30(27,28)18-8-3-2-4-9-18;/h2-13,16,20,24H,14-15H2,1H3;1H. The predicted molar refractivity (Wildman–Crippen MR) is 121 cm³/mol. The van der Waals surface area contributed by atoms with Gasteiger partial charge in [0.25, 0.3) is 10.0 Å². The van der Waals surface area contributed by atoms with Crippen LogP contribution in [0.5, 0.6) is 0 Å². The van der Waals surface area contributed by atoms with Gasteiger partial charge in [-0.05, 0) is 36.6 Å². The highest BCUT2D eigenvalue weighted by atomic mass is 35.5. The van der Waals surface area contributed by atoms with E-state index >= 15 is 0 Å². The molecular formula is C23H23ClN2O4S. The molecule has 8 heteroatoms.